The van der Waals surface area contributed by atoms with Crippen molar-refractivity contribution in [3.63, 3.8) is 0 Å². The van der Waals surface area contributed by atoms with Crippen LogP contribution in [0.1, 0.15) is 93.2 Å². The molecule has 4 heterocycles. The predicted molar refractivity (Wildman–Crippen MR) is 199 cm³/mol. The fourth-order valence-corrected chi connectivity index (χ4v) is 5.59. The lowest BCUT2D eigenvalue weighted by Gasteiger charge is -2.35. The summed E-state index contributed by atoms with van der Waals surface area (Å²) in [7, 11) is 0. The van der Waals surface area contributed by atoms with Crippen molar-refractivity contribution in [3.8, 4) is 23.6 Å². The largest absolute Gasteiger partial charge is 0.461 e. The Bertz CT molecular complexity index is 2040. The zero-order valence-electron chi connectivity index (χ0n) is 31.8. The average molecular weight is 719 g/mol. The maximum Gasteiger partial charge on any atom is 0.415 e. The molecule has 2 aromatic heterocycles. The van der Waals surface area contributed by atoms with Crippen LogP contribution in [0.15, 0.2) is 60.9 Å². The molecule has 0 spiro atoms. The summed E-state index contributed by atoms with van der Waals surface area (Å²) >= 11 is 0. The van der Waals surface area contributed by atoms with E-state index >= 15 is 0 Å². The van der Waals surface area contributed by atoms with Gasteiger partial charge in [-0.3, -0.25) is 14.9 Å². The summed E-state index contributed by atoms with van der Waals surface area (Å²) in [6, 6.07) is 18.4. The number of hydrogen-bond donors (Lipinski definition) is 1. The van der Waals surface area contributed by atoms with Crippen LogP contribution in [0.4, 0.5) is 16.2 Å². The molecule has 1 N–H and O–H groups in total. The fourth-order valence-electron chi connectivity index (χ4n) is 5.59. The van der Waals surface area contributed by atoms with Gasteiger partial charge in [0.25, 0.3) is 0 Å². The van der Waals surface area contributed by atoms with Gasteiger partial charge in [0.1, 0.15) is 17.1 Å². The summed E-state index contributed by atoms with van der Waals surface area (Å²) in [5, 5.41) is 21.2. The van der Waals surface area contributed by atoms with Gasteiger partial charge in [0, 0.05) is 69.1 Å². The van der Waals surface area contributed by atoms with Gasteiger partial charge in [-0.05, 0) is 94.3 Å². The number of amides is 1. The van der Waals surface area contributed by atoms with Crippen LogP contribution in [-0.4, -0.2) is 33.2 Å². The SMILES string of the molecule is Cc1ncc(CN(C(=O)OC(C)(C)C)c2ccc(C#N)cc2)c2c1OC(C)(C)OC2.Cc1ncc(CNc2ccc(C#N)cc2)c2c1OC(C)(C)OC2. The van der Waals surface area contributed by atoms with Gasteiger partial charge in [-0.25, -0.2) is 4.79 Å². The van der Waals surface area contributed by atoms with Crippen molar-refractivity contribution in [2.45, 2.75) is 106 Å². The molecule has 0 aliphatic carbocycles. The molecule has 0 bridgehead atoms. The summed E-state index contributed by atoms with van der Waals surface area (Å²) in [6.45, 7) is 18.5. The summed E-state index contributed by atoms with van der Waals surface area (Å²) in [6.07, 6.45) is 3.11. The first-order valence-electron chi connectivity index (χ1n) is 17.3. The van der Waals surface area contributed by atoms with Gasteiger partial charge in [0.15, 0.2) is 0 Å². The molecule has 2 aromatic carbocycles. The molecule has 1 amide bonds. The normalized spacial score (nSPS) is 15.0. The molecule has 12 heteroatoms. The number of nitrogens with one attached hydrogen (secondary N) is 1. The van der Waals surface area contributed by atoms with Crippen LogP contribution in [0.5, 0.6) is 11.5 Å². The molecule has 0 saturated heterocycles. The van der Waals surface area contributed by atoms with Gasteiger partial charge in [-0.15, -0.1) is 0 Å². The third-order valence-corrected chi connectivity index (χ3v) is 8.38. The molecule has 4 aromatic rings. The number of aromatic nitrogens is 2. The van der Waals surface area contributed by atoms with Crippen molar-refractivity contribution in [1.29, 1.82) is 10.5 Å². The van der Waals surface area contributed by atoms with Gasteiger partial charge in [-0.1, -0.05) is 0 Å². The first kappa shape index (κ1) is 38.5. The van der Waals surface area contributed by atoms with E-state index in [-0.39, 0.29) is 6.54 Å². The lowest BCUT2D eigenvalue weighted by molar-refractivity contribution is -0.181. The molecule has 276 valence electrons. The monoisotopic (exact) mass is 718 g/mol. The highest BCUT2D eigenvalue weighted by Gasteiger charge is 2.33. The van der Waals surface area contributed by atoms with E-state index in [1.54, 1.807) is 42.6 Å². The molecule has 0 atom stereocenters. The number of nitrogens with zero attached hydrogens (tertiary/aromatic N) is 5. The van der Waals surface area contributed by atoms with Crippen LogP contribution in [0.3, 0.4) is 0 Å². The highest BCUT2D eigenvalue weighted by Crippen LogP contribution is 2.37. The third-order valence-electron chi connectivity index (χ3n) is 8.38. The number of pyridine rings is 2. The average Bonchev–Trinajstić information content (AvgIpc) is 3.10. The second-order valence-corrected chi connectivity index (χ2v) is 14.7. The number of hydrogen-bond acceptors (Lipinski definition) is 11. The van der Waals surface area contributed by atoms with E-state index in [4.69, 9.17) is 34.2 Å². The van der Waals surface area contributed by atoms with Crippen molar-refractivity contribution in [2.24, 2.45) is 0 Å². The molecule has 0 saturated carbocycles. The fraction of sp³-hybridized carbons (Fsp3) is 0.390. The Morgan fingerprint density at radius 3 is 1.77 bits per heavy atom. The highest BCUT2D eigenvalue weighted by molar-refractivity contribution is 5.88. The molecule has 0 unspecified atom stereocenters. The van der Waals surface area contributed by atoms with Gasteiger partial charge < -0.3 is 29.0 Å². The van der Waals surface area contributed by atoms with Crippen molar-refractivity contribution < 1.29 is 28.5 Å². The van der Waals surface area contributed by atoms with Crippen molar-refractivity contribution >= 4 is 17.5 Å². The molecule has 0 radical (unpaired) electrons. The third kappa shape index (κ3) is 9.80. The van der Waals surface area contributed by atoms with Crippen molar-refractivity contribution in [3.05, 3.63) is 106 Å². The predicted octanol–water partition coefficient (Wildman–Crippen LogP) is 8.37. The Balaban J connectivity index is 0.000000211. The summed E-state index contributed by atoms with van der Waals surface area (Å²) < 4.78 is 29.1. The van der Waals surface area contributed by atoms with Crippen LogP contribution >= 0.6 is 0 Å². The van der Waals surface area contributed by atoms with Gasteiger partial charge >= 0.3 is 6.09 Å². The Morgan fingerprint density at radius 2 is 1.28 bits per heavy atom. The van der Waals surface area contributed by atoms with E-state index < -0.39 is 23.3 Å². The van der Waals surface area contributed by atoms with Gasteiger partial charge in [-0.2, -0.15) is 10.5 Å². The van der Waals surface area contributed by atoms with Crippen molar-refractivity contribution in [2.75, 3.05) is 10.2 Å². The number of anilines is 2. The number of ether oxygens (including phenoxy) is 5. The number of carbonyl (C=O) groups excluding carboxylic acids is 1. The molecule has 12 nitrogen and oxygen atoms in total. The number of carbonyl (C=O) groups is 1. The maximum atomic E-state index is 13.0. The number of nitriles is 2. The minimum Gasteiger partial charge on any atom is -0.461 e. The van der Waals surface area contributed by atoms with E-state index in [1.807, 2.05) is 80.6 Å². The Morgan fingerprint density at radius 1 is 0.811 bits per heavy atom. The van der Waals surface area contributed by atoms with E-state index in [0.717, 1.165) is 45.1 Å². The van der Waals surface area contributed by atoms with Gasteiger partial charge in [0.05, 0.1) is 54.4 Å². The Labute approximate surface area is 311 Å². The quantitative estimate of drug-likeness (QED) is 0.205. The molecule has 6 rings (SSSR count). The second kappa shape index (κ2) is 15.5. The first-order valence-corrected chi connectivity index (χ1v) is 17.3. The lowest BCUT2D eigenvalue weighted by atomic mass is 10.1. The summed E-state index contributed by atoms with van der Waals surface area (Å²) in [5.74, 6) is 0.141. The van der Waals surface area contributed by atoms with Crippen LogP contribution < -0.4 is 19.7 Å². The van der Waals surface area contributed by atoms with Crippen LogP contribution in [0.25, 0.3) is 0 Å². The molecular formula is C41H46N6O6. The number of fused-ring (bicyclic) bond motifs is 2. The second-order valence-electron chi connectivity index (χ2n) is 14.7. The maximum absolute atomic E-state index is 13.0. The topological polar surface area (TPSA) is 152 Å². The molecule has 2 aliphatic rings. The molecule has 2 aliphatic heterocycles. The molecular weight excluding hydrogens is 672 g/mol. The lowest BCUT2D eigenvalue weighted by Crippen LogP contribution is -2.38. The van der Waals surface area contributed by atoms with E-state index in [9.17, 15) is 4.79 Å². The van der Waals surface area contributed by atoms with Gasteiger partial charge in [0.2, 0.25) is 11.6 Å². The number of benzene rings is 2. The zero-order valence-corrected chi connectivity index (χ0v) is 31.8. The standard InChI is InChI=1S/C23H27N3O4.C18H19N3O2/c1-15-20-19(14-28-23(5,6)29-20)17(12-25-15)13-26(21(27)30-22(2,3)4)18-9-7-16(11-24)8-10-18;1-12-17-16(11-22-18(2,3)23-17)14(9-20-12)10-21-15-6-4-13(8-19)5-7-15/h7-10,12H,13-14H2,1-6H3;4-7,9,21H,10-11H2,1-3H3. The van der Waals surface area contributed by atoms with Crippen LogP contribution in [0, 0.1) is 36.5 Å². The number of rotatable bonds is 6. The molecule has 53 heavy (non-hydrogen) atoms. The first-order chi connectivity index (χ1) is 25.0. The van der Waals surface area contributed by atoms with Crippen LogP contribution in [0.2, 0.25) is 0 Å². The minimum absolute atomic E-state index is 0.226. The number of aryl methyl sites for hydroxylation is 2. The van der Waals surface area contributed by atoms with E-state index in [2.05, 4.69) is 27.4 Å². The minimum atomic E-state index is -0.740. The smallest absolute Gasteiger partial charge is 0.415 e. The van der Waals surface area contributed by atoms with Crippen LogP contribution in [-0.2, 0) is 40.5 Å². The molecule has 0 fully saturated rings. The van der Waals surface area contributed by atoms with Crippen molar-refractivity contribution in [1.82, 2.24) is 9.97 Å². The summed E-state index contributed by atoms with van der Waals surface area (Å²) in [4.78, 5) is 23.4. The zero-order chi connectivity index (χ0) is 38.6. The Hall–Kier alpha value is -5.69. The Kier molecular flexibility index (Phi) is 11.3. The van der Waals surface area contributed by atoms with E-state index in [1.165, 1.54) is 4.90 Å². The highest BCUT2D eigenvalue weighted by atomic mass is 16.7. The summed E-state index contributed by atoms with van der Waals surface area (Å²) in [5.41, 5.74) is 7.49. The van der Waals surface area contributed by atoms with E-state index in [0.29, 0.717) is 42.3 Å².